The molecule has 0 saturated heterocycles. The molecule has 4 N–H and O–H groups in total. The lowest BCUT2D eigenvalue weighted by Gasteiger charge is -2.05. The maximum Gasteiger partial charge on any atom is 0.306 e. The van der Waals surface area contributed by atoms with E-state index in [4.69, 9.17) is 11.5 Å². The van der Waals surface area contributed by atoms with Crippen LogP contribution in [-0.4, -0.2) is 20.6 Å². The maximum absolute atomic E-state index is 10.8. The van der Waals surface area contributed by atoms with Crippen LogP contribution >= 0.6 is 0 Å². The molecule has 0 fully saturated rings. The molecule has 0 unspecified atom stereocenters. The highest BCUT2D eigenvalue weighted by Crippen LogP contribution is 2.19. The number of hydrogen-bond donors (Lipinski definition) is 2. The number of carbonyl (C=O) groups is 1. The zero-order chi connectivity index (χ0) is 11.6. The Kier molecular flexibility index (Phi) is 2.85. The highest BCUT2D eigenvalue weighted by molar-refractivity contribution is 7.86. The van der Waals surface area contributed by atoms with E-state index >= 15 is 0 Å². The number of nitrogens with two attached hydrogens (primary N) is 2. The summed E-state index contributed by atoms with van der Waals surface area (Å²) in [6.07, 6.45) is 0.889. The van der Waals surface area contributed by atoms with Crippen molar-refractivity contribution >= 4 is 21.7 Å². The lowest BCUT2D eigenvalue weighted by atomic mass is 10.2. The minimum atomic E-state index is -3.64. The highest BCUT2D eigenvalue weighted by Gasteiger charge is 2.09. The number of nitrogen functional groups attached to an aromatic ring is 1. The molecule has 0 heterocycles. The van der Waals surface area contributed by atoms with Gasteiger partial charge in [0.1, 0.15) is 5.75 Å². The monoisotopic (exact) mass is 230 g/mol. The van der Waals surface area contributed by atoms with Gasteiger partial charge in [-0.1, -0.05) is 0 Å². The van der Waals surface area contributed by atoms with Gasteiger partial charge in [-0.05, 0) is 12.1 Å². The lowest BCUT2D eigenvalue weighted by molar-refractivity contribution is 0.1000. The number of hydrogen-bond acceptors (Lipinski definition) is 5. The van der Waals surface area contributed by atoms with Gasteiger partial charge in [0.05, 0.1) is 6.26 Å². The summed E-state index contributed by atoms with van der Waals surface area (Å²) in [7, 11) is -3.64. The maximum atomic E-state index is 10.8. The summed E-state index contributed by atoms with van der Waals surface area (Å²) >= 11 is 0. The number of benzene rings is 1. The van der Waals surface area contributed by atoms with Crippen LogP contribution in [0.25, 0.3) is 0 Å². The molecular weight excluding hydrogens is 220 g/mol. The molecule has 0 radical (unpaired) electrons. The number of rotatable bonds is 3. The predicted octanol–water partition coefficient (Wildman–Crippen LogP) is -0.294. The largest absolute Gasteiger partial charge is 0.399 e. The Hall–Kier alpha value is -1.76. The molecule has 82 valence electrons. The van der Waals surface area contributed by atoms with Gasteiger partial charge < -0.3 is 15.7 Å². The quantitative estimate of drug-likeness (QED) is 0.547. The molecule has 15 heavy (non-hydrogen) atoms. The minimum Gasteiger partial charge on any atom is -0.399 e. The zero-order valence-corrected chi connectivity index (χ0v) is 8.74. The fourth-order valence-electron chi connectivity index (χ4n) is 0.987. The van der Waals surface area contributed by atoms with Gasteiger partial charge in [0, 0.05) is 17.3 Å². The van der Waals surface area contributed by atoms with Crippen molar-refractivity contribution in [1.82, 2.24) is 0 Å². The number of primary amides is 1. The molecule has 1 aromatic carbocycles. The van der Waals surface area contributed by atoms with Gasteiger partial charge in [-0.25, -0.2) is 0 Å². The first kappa shape index (κ1) is 11.3. The topological polar surface area (TPSA) is 112 Å². The van der Waals surface area contributed by atoms with Gasteiger partial charge in [0.2, 0.25) is 5.91 Å². The van der Waals surface area contributed by atoms with Crippen molar-refractivity contribution in [3.63, 3.8) is 0 Å². The Labute approximate surface area is 87.0 Å². The molecule has 0 aliphatic carbocycles. The summed E-state index contributed by atoms with van der Waals surface area (Å²) in [5.74, 6) is -0.744. The van der Waals surface area contributed by atoms with E-state index in [1.165, 1.54) is 18.2 Å². The SMILES string of the molecule is CS(=O)(=O)Oc1cc(N)cc(C(N)=O)c1. The average Bonchev–Trinajstić information content (AvgIpc) is 1.99. The van der Waals surface area contributed by atoms with E-state index in [0.29, 0.717) is 0 Å². The van der Waals surface area contributed by atoms with Gasteiger partial charge in [-0.2, -0.15) is 8.42 Å². The number of anilines is 1. The molecule has 0 atom stereocenters. The molecule has 1 rings (SSSR count). The number of amides is 1. The van der Waals surface area contributed by atoms with Crippen LogP contribution in [-0.2, 0) is 10.1 Å². The number of carbonyl (C=O) groups excluding carboxylic acids is 1. The first-order valence-corrected chi connectivity index (χ1v) is 5.69. The molecule has 6 nitrogen and oxygen atoms in total. The summed E-state index contributed by atoms with van der Waals surface area (Å²) < 4.78 is 26.2. The lowest BCUT2D eigenvalue weighted by Crippen LogP contribution is -2.12. The van der Waals surface area contributed by atoms with Crippen molar-refractivity contribution in [2.45, 2.75) is 0 Å². The van der Waals surface area contributed by atoms with E-state index in [0.717, 1.165) is 6.26 Å². The van der Waals surface area contributed by atoms with E-state index in [1.54, 1.807) is 0 Å². The van der Waals surface area contributed by atoms with Crippen LogP contribution in [0.15, 0.2) is 18.2 Å². The molecule has 0 aliphatic heterocycles. The van der Waals surface area contributed by atoms with E-state index < -0.39 is 16.0 Å². The van der Waals surface area contributed by atoms with Gasteiger partial charge in [-0.3, -0.25) is 4.79 Å². The summed E-state index contributed by atoms with van der Waals surface area (Å²) in [6, 6.07) is 3.82. The third-order valence-electron chi connectivity index (χ3n) is 1.46. The molecule has 0 aliphatic rings. The van der Waals surface area contributed by atoms with E-state index in [-0.39, 0.29) is 17.0 Å². The third kappa shape index (κ3) is 3.47. The molecular formula is C8H10N2O4S. The Bertz CT molecular complexity index is 495. The van der Waals surface area contributed by atoms with Crippen LogP contribution in [0.1, 0.15) is 10.4 Å². The first-order valence-electron chi connectivity index (χ1n) is 3.88. The fourth-order valence-corrected chi connectivity index (χ4v) is 1.43. The molecule has 0 spiro atoms. The Morgan fingerprint density at radius 1 is 1.33 bits per heavy atom. The second-order valence-corrected chi connectivity index (χ2v) is 4.52. The molecule has 7 heteroatoms. The van der Waals surface area contributed by atoms with Gasteiger partial charge >= 0.3 is 10.1 Å². The van der Waals surface area contributed by atoms with E-state index in [1.807, 2.05) is 0 Å². The van der Waals surface area contributed by atoms with E-state index in [9.17, 15) is 13.2 Å². The normalized spacial score (nSPS) is 11.0. The van der Waals surface area contributed by atoms with Gasteiger partial charge in [0.25, 0.3) is 0 Å². The van der Waals surface area contributed by atoms with Crippen LogP contribution in [0.3, 0.4) is 0 Å². The van der Waals surface area contributed by atoms with Crippen molar-refractivity contribution in [3.05, 3.63) is 23.8 Å². The van der Waals surface area contributed by atoms with Crippen molar-refractivity contribution < 1.29 is 17.4 Å². The Morgan fingerprint density at radius 3 is 2.40 bits per heavy atom. The molecule has 1 amide bonds. The third-order valence-corrected chi connectivity index (χ3v) is 1.96. The smallest absolute Gasteiger partial charge is 0.306 e. The Morgan fingerprint density at radius 2 is 1.93 bits per heavy atom. The van der Waals surface area contributed by atoms with E-state index in [2.05, 4.69) is 4.18 Å². The van der Waals surface area contributed by atoms with Crippen LogP contribution < -0.4 is 15.7 Å². The summed E-state index contributed by atoms with van der Waals surface area (Å²) in [5.41, 5.74) is 10.7. The van der Waals surface area contributed by atoms with Crippen molar-refractivity contribution in [3.8, 4) is 5.75 Å². The molecule has 0 aromatic heterocycles. The van der Waals surface area contributed by atoms with Crippen LogP contribution in [0, 0.1) is 0 Å². The molecule has 1 aromatic rings. The molecule has 0 saturated carbocycles. The zero-order valence-electron chi connectivity index (χ0n) is 7.93. The second-order valence-electron chi connectivity index (χ2n) is 2.94. The first-order chi connectivity index (χ1) is 6.78. The summed E-state index contributed by atoms with van der Waals surface area (Å²) in [5, 5.41) is 0. The van der Waals surface area contributed by atoms with Gasteiger partial charge in [0.15, 0.2) is 0 Å². The minimum absolute atomic E-state index is 0.0358. The van der Waals surface area contributed by atoms with Crippen molar-refractivity contribution in [2.75, 3.05) is 12.0 Å². The highest BCUT2D eigenvalue weighted by atomic mass is 32.2. The molecule has 0 bridgehead atoms. The average molecular weight is 230 g/mol. The second kappa shape index (κ2) is 3.77. The summed E-state index contributed by atoms with van der Waals surface area (Å²) in [6.45, 7) is 0. The predicted molar refractivity (Wildman–Crippen MR) is 54.8 cm³/mol. The van der Waals surface area contributed by atoms with Gasteiger partial charge in [-0.15, -0.1) is 0 Å². The van der Waals surface area contributed by atoms with Crippen LogP contribution in [0.4, 0.5) is 5.69 Å². The Balaban J connectivity index is 3.15. The van der Waals surface area contributed by atoms with Crippen molar-refractivity contribution in [2.24, 2.45) is 5.73 Å². The van der Waals surface area contributed by atoms with Crippen LogP contribution in [0.5, 0.6) is 5.75 Å². The van der Waals surface area contributed by atoms with Crippen molar-refractivity contribution in [1.29, 1.82) is 0 Å². The van der Waals surface area contributed by atoms with Crippen LogP contribution in [0.2, 0.25) is 0 Å². The summed E-state index contributed by atoms with van der Waals surface area (Å²) in [4.78, 5) is 10.8. The fraction of sp³-hybridized carbons (Fsp3) is 0.125. The standard InChI is InChI=1S/C8H10N2O4S/c1-15(12,13)14-7-3-5(8(10)11)2-6(9)4-7/h2-4H,9H2,1H3,(H2,10,11).